The summed E-state index contributed by atoms with van der Waals surface area (Å²) in [4.78, 5) is 24.4. The van der Waals surface area contributed by atoms with Crippen LogP contribution in [0, 0.1) is 0 Å². The molecule has 0 saturated carbocycles. The van der Waals surface area contributed by atoms with E-state index in [1.807, 2.05) is 13.8 Å². The van der Waals surface area contributed by atoms with Gasteiger partial charge in [0.15, 0.2) is 0 Å². The molecule has 0 saturated heterocycles. The zero-order valence-electron chi connectivity index (χ0n) is 10.4. The summed E-state index contributed by atoms with van der Waals surface area (Å²) in [5, 5.41) is 2.71. The fraction of sp³-hybridized carbons (Fsp3) is 0.818. The molecule has 0 radical (unpaired) electrons. The molecule has 5 heteroatoms. The third kappa shape index (κ3) is 7.23. The van der Waals surface area contributed by atoms with Crippen LogP contribution in [0.3, 0.4) is 0 Å². The van der Waals surface area contributed by atoms with Crippen LogP contribution in [-0.2, 0) is 14.3 Å². The number of likely N-dealkylation sites (N-methyl/N-ethyl adjacent to an activating group) is 1. The molecule has 16 heavy (non-hydrogen) atoms. The largest absolute Gasteiger partial charge is 0.465 e. The Balaban J connectivity index is 4.05. The Morgan fingerprint density at radius 1 is 1.19 bits per heavy atom. The zero-order valence-corrected chi connectivity index (χ0v) is 10.4. The monoisotopic (exact) mass is 230 g/mol. The van der Waals surface area contributed by atoms with Crippen molar-refractivity contribution in [1.29, 1.82) is 0 Å². The summed E-state index contributed by atoms with van der Waals surface area (Å²) in [5.74, 6) is -0.333. The first-order chi connectivity index (χ1) is 7.63. The number of rotatable bonds is 8. The number of carbonyl (C=O) groups excluding carboxylic acids is 2. The van der Waals surface area contributed by atoms with E-state index in [0.717, 1.165) is 13.0 Å². The summed E-state index contributed by atoms with van der Waals surface area (Å²) < 4.78 is 4.85. The third-order valence-corrected chi connectivity index (χ3v) is 1.94. The van der Waals surface area contributed by atoms with Crippen molar-refractivity contribution in [3.05, 3.63) is 0 Å². The lowest BCUT2D eigenvalue weighted by Crippen LogP contribution is -2.40. The smallest absolute Gasteiger partial charge is 0.320 e. The van der Waals surface area contributed by atoms with Gasteiger partial charge in [-0.2, -0.15) is 0 Å². The summed E-state index contributed by atoms with van der Waals surface area (Å²) in [6, 6.07) is 0. The molecular weight excluding hydrogens is 208 g/mol. The molecule has 0 rings (SSSR count). The van der Waals surface area contributed by atoms with Gasteiger partial charge in [-0.3, -0.25) is 14.5 Å². The van der Waals surface area contributed by atoms with Gasteiger partial charge in [-0.25, -0.2) is 0 Å². The molecule has 0 heterocycles. The molecule has 0 unspecified atom stereocenters. The first kappa shape index (κ1) is 14.9. The van der Waals surface area contributed by atoms with Crippen LogP contribution < -0.4 is 5.32 Å². The lowest BCUT2D eigenvalue weighted by atomic mass is 10.3. The standard InChI is InChI=1S/C11H22N2O3/c1-4-7-13(8-10(14)12-5-2)9-11(15)16-6-3/h4-9H2,1-3H3,(H,12,14). The molecule has 0 aliphatic rings. The van der Waals surface area contributed by atoms with Gasteiger partial charge in [-0.1, -0.05) is 6.92 Å². The molecule has 5 nitrogen and oxygen atoms in total. The predicted molar refractivity (Wildman–Crippen MR) is 62.0 cm³/mol. The highest BCUT2D eigenvalue weighted by Gasteiger charge is 2.13. The van der Waals surface area contributed by atoms with Crippen LogP contribution in [0.4, 0.5) is 0 Å². The lowest BCUT2D eigenvalue weighted by molar-refractivity contribution is -0.144. The molecule has 0 bridgehead atoms. The van der Waals surface area contributed by atoms with Gasteiger partial charge in [0.2, 0.25) is 5.91 Å². The van der Waals surface area contributed by atoms with Crippen LogP contribution in [-0.4, -0.2) is 49.6 Å². The van der Waals surface area contributed by atoms with Crippen molar-refractivity contribution < 1.29 is 14.3 Å². The van der Waals surface area contributed by atoms with Crippen molar-refractivity contribution in [3.8, 4) is 0 Å². The molecule has 0 aliphatic heterocycles. The lowest BCUT2D eigenvalue weighted by Gasteiger charge is -2.19. The number of carbonyl (C=O) groups is 2. The Morgan fingerprint density at radius 2 is 1.88 bits per heavy atom. The minimum Gasteiger partial charge on any atom is -0.465 e. The van der Waals surface area contributed by atoms with E-state index in [1.165, 1.54) is 0 Å². The molecule has 0 atom stereocenters. The van der Waals surface area contributed by atoms with Gasteiger partial charge in [0, 0.05) is 6.54 Å². The first-order valence-corrected chi connectivity index (χ1v) is 5.78. The summed E-state index contributed by atoms with van der Waals surface area (Å²) in [6.45, 7) is 7.78. The first-order valence-electron chi connectivity index (χ1n) is 5.78. The SMILES string of the molecule is CCCN(CC(=O)NCC)CC(=O)OCC. The maximum atomic E-state index is 11.4. The highest BCUT2D eigenvalue weighted by molar-refractivity contribution is 5.79. The second-order valence-electron chi connectivity index (χ2n) is 3.47. The van der Waals surface area contributed by atoms with Gasteiger partial charge in [0.1, 0.15) is 0 Å². The van der Waals surface area contributed by atoms with E-state index in [9.17, 15) is 9.59 Å². The number of nitrogens with zero attached hydrogens (tertiary/aromatic N) is 1. The minimum atomic E-state index is -0.278. The van der Waals surface area contributed by atoms with E-state index in [0.29, 0.717) is 13.2 Å². The number of ether oxygens (including phenoxy) is 1. The summed E-state index contributed by atoms with van der Waals surface area (Å²) >= 11 is 0. The molecule has 0 aromatic heterocycles. The van der Waals surface area contributed by atoms with Crippen molar-refractivity contribution in [2.45, 2.75) is 27.2 Å². The Bertz CT molecular complexity index is 199. The van der Waals surface area contributed by atoms with Crippen LogP contribution in [0.5, 0.6) is 0 Å². The Hall–Kier alpha value is -1.10. The van der Waals surface area contributed by atoms with Crippen molar-refractivity contribution in [1.82, 2.24) is 10.2 Å². The molecule has 0 spiro atoms. The maximum absolute atomic E-state index is 11.4. The summed E-state index contributed by atoms with van der Waals surface area (Å²) in [6.07, 6.45) is 0.902. The molecule has 1 N–H and O–H groups in total. The Labute approximate surface area is 97.1 Å². The van der Waals surface area contributed by atoms with Crippen LogP contribution in [0.1, 0.15) is 27.2 Å². The molecule has 0 aromatic rings. The normalized spacial score (nSPS) is 10.2. The fourth-order valence-corrected chi connectivity index (χ4v) is 1.38. The number of esters is 1. The maximum Gasteiger partial charge on any atom is 0.320 e. The van der Waals surface area contributed by atoms with Crippen molar-refractivity contribution in [3.63, 3.8) is 0 Å². The third-order valence-electron chi connectivity index (χ3n) is 1.94. The van der Waals surface area contributed by atoms with E-state index in [2.05, 4.69) is 5.32 Å². The van der Waals surface area contributed by atoms with Crippen LogP contribution in [0.25, 0.3) is 0 Å². The molecule has 1 amide bonds. The van der Waals surface area contributed by atoms with Crippen molar-refractivity contribution >= 4 is 11.9 Å². The van der Waals surface area contributed by atoms with Crippen LogP contribution >= 0.6 is 0 Å². The fourth-order valence-electron chi connectivity index (χ4n) is 1.38. The summed E-state index contributed by atoms with van der Waals surface area (Å²) in [5.41, 5.74) is 0. The Kier molecular flexibility index (Phi) is 8.52. The van der Waals surface area contributed by atoms with Gasteiger partial charge in [-0.05, 0) is 26.8 Å². The van der Waals surface area contributed by atoms with E-state index in [4.69, 9.17) is 4.74 Å². The van der Waals surface area contributed by atoms with Gasteiger partial charge in [0.05, 0.1) is 19.7 Å². The second kappa shape index (κ2) is 9.15. The van der Waals surface area contributed by atoms with Gasteiger partial charge in [-0.15, -0.1) is 0 Å². The average molecular weight is 230 g/mol. The number of hydrogen-bond acceptors (Lipinski definition) is 4. The molecule has 0 fully saturated rings. The second-order valence-corrected chi connectivity index (χ2v) is 3.47. The zero-order chi connectivity index (χ0) is 12.4. The van der Waals surface area contributed by atoms with Gasteiger partial charge >= 0.3 is 5.97 Å². The average Bonchev–Trinajstić information content (AvgIpc) is 2.18. The topological polar surface area (TPSA) is 58.6 Å². The van der Waals surface area contributed by atoms with Gasteiger partial charge < -0.3 is 10.1 Å². The highest BCUT2D eigenvalue weighted by atomic mass is 16.5. The minimum absolute atomic E-state index is 0.0553. The number of nitrogens with one attached hydrogen (secondary N) is 1. The van der Waals surface area contributed by atoms with E-state index in [-0.39, 0.29) is 25.0 Å². The van der Waals surface area contributed by atoms with Crippen LogP contribution in [0.15, 0.2) is 0 Å². The molecule has 0 aliphatic carbocycles. The van der Waals surface area contributed by atoms with Crippen LogP contribution in [0.2, 0.25) is 0 Å². The molecular formula is C11H22N2O3. The number of amides is 1. The van der Waals surface area contributed by atoms with E-state index >= 15 is 0 Å². The van der Waals surface area contributed by atoms with E-state index < -0.39 is 0 Å². The Morgan fingerprint density at radius 3 is 2.38 bits per heavy atom. The number of hydrogen-bond donors (Lipinski definition) is 1. The van der Waals surface area contributed by atoms with E-state index in [1.54, 1.807) is 11.8 Å². The molecule has 0 aromatic carbocycles. The van der Waals surface area contributed by atoms with Crippen molar-refractivity contribution in [2.24, 2.45) is 0 Å². The quantitative estimate of drug-likeness (QED) is 0.613. The van der Waals surface area contributed by atoms with Gasteiger partial charge in [0.25, 0.3) is 0 Å². The summed E-state index contributed by atoms with van der Waals surface area (Å²) in [7, 11) is 0. The van der Waals surface area contributed by atoms with Crippen molar-refractivity contribution in [2.75, 3.05) is 32.8 Å². The molecule has 94 valence electrons. The highest BCUT2D eigenvalue weighted by Crippen LogP contribution is 1.93. The predicted octanol–water partition coefficient (Wildman–Crippen LogP) is 0.398.